The van der Waals surface area contributed by atoms with Crippen molar-refractivity contribution in [3.8, 4) is 0 Å². The van der Waals surface area contributed by atoms with Gasteiger partial charge in [-0.2, -0.15) is 0 Å². The molecule has 1 saturated heterocycles. The van der Waals surface area contributed by atoms with Gasteiger partial charge in [-0.3, -0.25) is 9.69 Å². The van der Waals surface area contributed by atoms with Gasteiger partial charge in [0.05, 0.1) is 11.7 Å². The van der Waals surface area contributed by atoms with E-state index in [0.29, 0.717) is 6.54 Å². The van der Waals surface area contributed by atoms with Gasteiger partial charge in [-0.25, -0.2) is 4.39 Å². The second kappa shape index (κ2) is 9.00. The monoisotopic (exact) mass is 369 g/mol. The Bertz CT molecular complexity index is 774. The van der Waals surface area contributed by atoms with Gasteiger partial charge in [0, 0.05) is 25.3 Å². The highest BCUT2D eigenvalue weighted by Crippen LogP contribution is 2.25. The molecule has 2 aromatic carbocycles. The number of benzene rings is 2. The zero-order valence-corrected chi connectivity index (χ0v) is 16.1. The SMILES string of the molecule is C[C@@H](C(=O)Nc1ccccc1F)N(C)Cc1ccccc1N1CCCCC1. The highest BCUT2D eigenvalue weighted by atomic mass is 19.1. The van der Waals surface area contributed by atoms with Crippen molar-refractivity contribution in [2.45, 2.75) is 38.8 Å². The first-order valence-electron chi connectivity index (χ1n) is 9.65. The van der Waals surface area contributed by atoms with Gasteiger partial charge in [-0.05, 0) is 57.0 Å². The van der Waals surface area contributed by atoms with Crippen molar-refractivity contribution in [2.24, 2.45) is 0 Å². The minimum atomic E-state index is -0.420. The van der Waals surface area contributed by atoms with Gasteiger partial charge in [-0.1, -0.05) is 30.3 Å². The van der Waals surface area contributed by atoms with Crippen molar-refractivity contribution in [1.82, 2.24) is 4.90 Å². The molecule has 4 nitrogen and oxygen atoms in total. The van der Waals surface area contributed by atoms with Crippen LogP contribution in [0.4, 0.5) is 15.8 Å². The number of rotatable bonds is 6. The third-order valence-corrected chi connectivity index (χ3v) is 5.28. The standard InChI is InChI=1S/C22H28FN3O/c1-17(22(27)24-20-12-6-5-11-19(20)23)25(2)16-18-10-4-7-13-21(18)26-14-8-3-9-15-26/h4-7,10-13,17H,3,8-9,14-16H2,1-2H3,(H,24,27)/t17-/m0/s1. The number of halogens is 1. The Labute approximate surface area is 161 Å². The molecule has 1 aliphatic heterocycles. The summed E-state index contributed by atoms with van der Waals surface area (Å²) in [5.41, 5.74) is 2.69. The van der Waals surface area contributed by atoms with Crippen molar-refractivity contribution < 1.29 is 9.18 Å². The molecule has 0 spiro atoms. The van der Waals surface area contributed by atoms with Crippen LogP contribution in [0.5, 0.6) is 0 Å². The zero-order chi connectivity index (χ0) is 19.2. The summed E-state index contributed by atoms with van der Waals surface area (Å²) in [5.74, 6) is -0.630. The van der Waals surface area contributed by atoms with E-state index in [4.69, 9.17) is 0 Å². The molecule has 27 heavy (non-hydrogen) atoms. The first-order chi connectivity index (χ1) is 13.1. The second-order valence-corrected chi connectivity index (χ2v) is 7.24. The van der Waals surface area contributed by atoms with E-state index < -0.39 is 5.82 Å². The maximum absolute atomic E-state index is 13.8. The van der Waals surface area contributed by atoms with Crippen LogP contribution < -0.4 is 10.2 Å². The number of likely N-dealkylation sites (N-methyl/N-ethyl adjacent to an activating group) is 1. The van der Waals surface area contributed by atoms with Crippen LogP contribution in [0.3, 0.4) is 0 Å². The molecular formula is C22H28FN3O. The number of amides is 1. The molecular weight excluding hydrogens is 341 g/mol. The average molecular weight is 369 g/mol. The number of piperidine rings is 1. The molecule has 1 aliphatic rings. The Balaban J connectivity index is 1.67. The minimum Gasteiger partial charge on any atom is -0.371 e. The Morgan fingerprint density at radius 2 is 1.78 bits per heavy atom. The van der Waals surface area contributed by atoms with Crippen LogP contribution in [0.25, 0.3) is 0 Å². The van der Waals surface area contributed by atoms with E-state index in [1.807, 2.05) is 24.9 Å². The number of hydrogen-bond acceptors (Lipinski definition) is 3. The van der Waals surface area contributed by atoms with Crippen molar-refractivity contribution in [3.05, 3.63) is 59.9 Å². The maximum atomic E-state index is 13.8. The number of carbonyl (C=O) groups is 1. The first-order valence-corrected chi connectivity index (χ1v) is 9.65. The predicted octanol–water partition coefficient (Wildman–Crippen LogP) is 4.28. The van der Waals surface area contributed by atoms with Gasteiger partial charge in [0.2, 0.25) is 5.91 Å². The van der Waals surface area contributed by atoms with E-state index >= 15 is 0 Å². The van der Waals surface area contributed by atoms with Crippen molar-refractivity contribution in [1.29, 1.82) is 0 Å². The normalized spacial score (nSPS) is 15.6. The lowest BCUT2D eigenvalue weighted by Gasteiger charge is -2.32. The maximum Gasteiger partial charge on any atom is 0.241 e. The Morgan fingerprint density at radius 1 is 1.11 bits per heavy atom. The molecule has 2 aromatic rings. The van der Waals surface area contributed by atoms with Crippen molar-refractivity contribution >= 4 is 17.3 Å². The Morgan fingerprint density at radius 3 is 2.52 bits per heavy atom. The molecule has 1 fully saturated rings. The molecule has 144 valence electrons. The third-order valence-electron chi connectivity index (χ3n) is 5.28. The van der Waals surface area contributed by atoms with Crippen LogP contribution in [-0.2, 0) is 11.3 Å². The van der Waals surface area contributed by atoms with Crippen LogP contribution >= 0.6 is 0 Å². The lowest BCUT2D eigenvalue weighted by molar-refractivity contribution is -0.120. The molecule has 0 aliphatic carbocycles. The topological polar surface area (TPSA) is 35.6 Å². The Hall–Kier alpha value is -2.40. The van der Waals surface area contributed by atoms with Crippen LogP contribution in [-0.4, -0.2) is 37.0 Å². The van der Waals surface area contributed by atoms with Gasteiger partial charge < -0.3 is 10.2 Å². The van der Waals surface area contributed by atoms with E-state index in [-0.39, 0.29) is 17.6 Å². The summed E-state index contributed by atoms with van der Waals surface area (Å²) in [7, 11) is 1.93. The smallest absolute Gasteiger partial charge is 0.241 e. The molecule has 1 heterocycles. The average Bonchev–Trinajstić information content (AvgIpc) is 2.70. The highest BCUT2D eigenvalue weighted by Gasteiger charge is 2.21. The highest BCUT2D eigenvalue weighted by molar-refractivity contribution is 5.94. The molecule has 0 aromatic heterocycles. The molecule has 0 unspecified atom stereocenters. The van der Waals surface area contributed by atoms with E-state index in [1.165, 1.54) is 36.6 Å². The van der Waals surface area contributed by atoms with Gasteiger partial charge in [-0.15, -0.1) is 0 Å². The van der Waals surface area contributed by atoms with E-state index in [9.17, 15) is 9.18 Å². The molecule has 1 atom stereocenters. The Kier molecular flexibility index (Phi) is 6.45. The fourth-order valence-electron chi connectivity index (χ4n) is 3.49. The number of carbonyl (C=O) groups excluding carboxylic acids is 1. The molecule has 0 radical (unpaired) electrons. The van der Waals surface area contributed by atoms with Crippen LogP contribution in [0.2, 0.25) is 0 Å². The van der Waals surface area contributed by atoms with Crippen LogP contribution in [0.1, 0.15) is 31.7 Å². The van der Waals surface area contributed by atoms with Gasteiger partial charge in [0.1, 0.15) is 5.82 Å². The van der Waals surface area contributed by atoms with E-state index in [1.54, 1.807) is 18.2 Å². The largest absolute Gasteiger partial charge is 0.371 e. The molecule has 1 N–H and O–H groups in total. The number of para-hydroxylation sites is 2. The lowest BCUT2D eigenvalue weighted by Crippen LogP contribution is -2.39. The molecule has 0 bridgehead atoms. The second-order valence-electron chi connectivity index (χ2n) is 7.24. The van der Waals surface area contributed by atoms with E-state index in [2.05, 4.69) is 28.4 Å². The molecule has 0 saturated carbocycles. The van der Waals surface area contributed by atoms with Crippen LogP contribution in [0, 0.1) is 5.82 Å². The summed E-state index contributed by atoms with van der Waals surface area (Å²) < 4.78 is 13.8. The first kappa shape index (κ1) is 19.4. The summed E-state index contributed by atoms with van der Waals surface area (Å²) in [6.07, 6.45) is 3.75. The number of anilines is 2. The summed E-state index contributed by atoms with van der Waals surface area (Å²) >= 11 is 0. The van der Waals surface area contributed by atoms with Crippen molar-refractivity contribution in [3.63, 3.8) is 0 Å². The quantitative estimate of drug-likeness (QED) is 0.826. The minimum absolute atomic E-state index is 0.210. The van der Waals surface area contributed by atoms with Crippen molar-refractivity contribution in [2.75, 3.05) is 30.4 Å². The zero-order valence-electron chi connectivity index (χ0n) is 16.1. The lowest BCUT2D eigenvalue weighted by atomic mass is 10.1. The predicted molar refractivity (Wildman–Crippen MR) is 108 cm³/mol. The van der Waals surface area contributed by atoms with Gasteiger partial charge in [0.15, 0.2) is 0 Å². The van der Waals surface area contributed by atoms with E-state index in [0.717, 1.165) is 13.1 Å². The molecule has 5 heteroatoms. The molecule has 3 rings (SSSR count). The summed E-state index contributed by atoms with van der Waals surface area (Å²) in [4.78, 5) is 17.0. The fraction of sp³-hybridized carbons (Fsp3) is 0.409. The number of nitrogens with zero attached hydrogens (tertiary/aromatic N) is 2. The third kappa shape index (κ3) is 4.86. The van der Waals surface area contributed by atoms with Gasteiger partial charge >= 0.3 is 0 Å². The van der Waals surface area contributed by atoms with Crippen LogP contribution in [0.15, 0.2) is 48.5 Å². The summed E-state index contributed by atoms with van der Waals surface area (Å²) in [6.45, 7) is 4.69. The number of nitrogens with one attached hydrogen (secondary N) is 1. The summed E-state index contributed by atoms with van der Waals surface area (Å²) in [6, 6.07) is 14.3. The molecule has 1 amide bonds. The summed E-state index contributed by atoms with van der Waals surface area (Å²) in [5, 5.41) is 2.69. The van der Waals surface area contributed by atoms with Gasteiger partial charge in [0.25, 0.3) is 0 Å². The number of hydrogen-bond donors (Lipinski definition) is 1. The fourth-order valence-corrected chi connectivity index (χ4v) is 3.49.